The Hall–Kier alpha value is -1.42. The third-order valence-corrected chi connectivity index (χ3v) is 3.66. The normalized spacial score (nSPS) is 24.1. The Morgan fingerprint density at radius 2 is 2.16 bits per heavy atom. The zero-order valence-corrected chi connectivity index (χ0v) is 12.1. The van der Waals surface area contributed by atoms with Gasteiger partial charge < -0.3 is 15.6 Å². The van der Waals surface area contributed by atoms with Gasteiger partial charge in [0.15, 0.2) is 0 Å². The van der Waals surface area contributed by atoms with Crippen molar-refractivity contribution in [3.05, 3.63) is 24.3 Å². The van der Waals surface area contributed by atoms with Gasteiger partial charge in [-0.2, -0.15) is 0 Å². The highest BCUT2D eigenvalue weighted by Crippen LogP contribution is 2.30. The molecule has 4 nitrogen and oxygen atoms in total. The van der Waals surface area contributed by atoms with E-state index in [-0.39, 0.29) is 17.4 Å². The molecule has 1 fully saturated rings. The van der Waals surface area contributed by atoms with Gasteiger partial charge in [0.25, 0.3) is 0 Å². The number of allylic oxidation sites excluding steroid dienone is 3. The van der Waals surface area contributed by atoms with E-state index in [4.69, 9.17) is 5.41 Å². The molecule has 1 rings (SSSR count). The number of rotatable bonds is 5. The summed E-state index contributed by atoms with van der Waals surface area (Å²) in [5.41, 5.74) is 0.00434. The summed E-state index contributed by atoms with van der Waals surface area (Å²) in [6, 6.07) is -0.111. The topological polar surface area (TPSA) is 56.2 Å². The van der Waals surface area contributed by atoms with E-state index in [1.54, 1.807) is 12.2 Å². The predicted octanol–water partition coefficient (Wildman–Crippen LogP) is 1.98. The molecule has 1 amide bonds. The summed E-state index contributed by atoms with van der Waals surface area (Å²) in [5, 5.41) is 10.0. The summed E-state index contributed by atoms with van der Waals surface area (Å²) in [7, 11) is 1.86. The summed E-state index contributed by atoms with van der Waals surface area (Å²) in [6.07, 6.45) is 10.6. The SMILES string of the molecule is CNC1C(=O)N(C/C=C/C=C\C=N)CCCC1(C)C. The van der Waals surface area contributed by atoms with E-state index in [0.29, 0.717) is 6.54 Å². The Kier molecular flexibility index (Phi) is 5.96. The van der Waals surface area contributed by atoms with E-state index >= 15 is 0 Å². The van der Waals surface area contributed by atoms with Crippen LogP contribution in [0.3, 0.4) is 0 Å². The van der Waals surface area contributed by atoms with Gasteiger partial charge in [-0.25, -0.2) is 0 Å². The first-order valence-electron chi connectivity index (χ1n) is 6.81. The Labute approximate surface area is 116 Å². The molecule has 0 spiro atoms. The molecule has 1 heterocycles. The number of nitrogens with one attached hydrogen (secondary N) is 2. The molecule has 0 radical (unpaired) electrons. The molecule has 1 aliphatic rings. The number of hydrogen-bond acceptors (Lipinski definition) is 3. The quantitative estimate of drug-likeness (QED) is 0.588. The first kappa shape index (κ1) is 15.6. The first-order chi connectivity index (χ1) is 9.03. The maximum absolute atomic E-state index is 12.5. The van der Waals surface area contributed by atoms with Crippen LogP contribution in [0.25, 0.3) is 0 Å². The zero-order valence-electron chi connectivity index (χ0n) is 12.1. The van der Waals surface area contributed by atoms with Gasteiger partial charge in [-0.1, -0.05) is 32.1 Å². The molecule has 106 valence electrons. The lowest BCUT2D eigenvalue weighted by Gasteiger charge is -2.32. The number of likely N-dealkylation sites (N-methyl/N-ethyl adjacent to an activating group) is 1. The van der Waals surface area contributed by atoms with Gasteiger partial charge in [0.05, 0.1) is 6.04 Å². The fourth-order valence-electron chi connectivity index (χ4n) is 2.58. The smallest absolute Gasteiger partial charge is 0.240 e. The van der Waals surface area contributed by atoms with Crippen molar-refractivity contribution in [2.24, 2.45) is 5.41 Å². The molecular weight excluding hydrogens is 238 g/mol. The van der Waals surface area contributed by atoms with Gasteiger partial charge >= 0.3 is 0 Å². The van der Waals surface area contributed by atoms with Crippen molar-refractivity contribution in [1.82, 2.24) is 10.2 Å². The zero-order chi connectivity index (χ0) is 14.3. The second kappa shape index (κ2) is 7.24. The first-order valence-corrected chi connectivity index (χ1v) is 6.81. The van der Waals surface area contributed by atoms with Crippen molar-refractivity contribution < 1.29 is 4.79 Å². The molecule has 0 aromatic heterocycles. The summed E-state index contributed by atoms with van der Waals surface area (Å²) in [4.78, 5) is 14.4. The Morgan fingerprint density at radius 3 is 2.79 bits per heavy atom. The van der Waals surface area contributed by atoms with Crippen molar-refractivity contribution in [1.29, 1.82) is 5.41 Å². The van der Waals surface area contributed by atoms with Crippen molar-refractivity contribution >= 4 is 12.1 Å². The molecule has 1 atom stereocenters. The summed E-state index contributed by atoms with van der Waals surface area (Å²) in [5.74, 6) is 0.186. The highest BCUT2D eigenvalue weighted by Gasteiger charge is 2.38. The fraction of sp³-hybridized carbons (Fsp3) is 0.600. The van der Waals surface area contributed by atoms with Gasteiger partial charge in [-0.05, 0) is 31.4 Å². The molecule has 0 aliphatic carbocycles. The van der Waals surface area contributed by atoms with Crippen molar-refractivity contribution in [2.45, 2.75) is 32.7 Å². The van der Waals surface area contributed by atoms with Gasteiger partial charge in [0.2, 0.25) is 5.91 Å². The van der Waals surface area contributed by atoms with Gasteiger partial charge in [0, 0.05) is 19.3 Å². The van der Waals surface area contributed by atoms with Crippen LogP contribution in [-0.4, -0.2) is 43.2 Å². The minimum Gasteiger partial charge on any atom is -0.338 e. The van der Waals surface area contributed by atoms with Crippen molar-refractivity contribution in [2.75, 3.05) is 20.1 Å². The number of carbonyl (C=O) groups is 1. The summed E-state index contributed by atoms with van der Waals surface area (Å²) >= 11 is 0. The van der Waals surface area contributed by atoms with Crippen LogP contribution in [0, 0.1) is 10.8 Å². The van der Waals surface area contributed by atoms with Crippen LogP contribution in [-0.2, 0) is 4.79 Å². The fourth-order valence-corrected chi connectivity index (χ4v) is 2.58. The average Bonchev–Trinajstić information content (AvgIpc) is 2.46. The number of nitrogens with zero attached hydrogens (tertiary/aromatic N) is 1. The Bertz CT molecular complexity index is 372. The van der Waals surface area contributed by atoms with Crippen molar-refractivity contribution in [3.8, 4) is 0 Å². The lowest BCUT2D eigenvalue weighted by Crippen LogP contribution is -2.50. The van der Waals surface area contributed by atoms with Gasteiger partial charge in [-0.3, -0.25) is 4.79 Å². The predicted molar refractivity (Wildman–Crippen MR) is 79.5 cm³/mol. The van der Waals surface area contributed by atoms with Crippen LogP contribution in [0.2, 0.25) is 0 Å². The highest BCUT2D eigenvalue weighted by atomic mass is 16.2. The van der Waals surface area contributed by atoms with E-state index in [1.807, 2.05) is 24.1 Å². The molecule has 4 heteroatoms. The van der Waals surface area contributed by atoms with E-state index in [1.165, 1.54) is 6.21 Å². The third-order valence-electron chi connectivity index (χ3n) is 3.66. The Balaban J connectivity index is 2.69. The molecule has 2 N–H and O–H groups in total. The lowest BCUT2D eigenvalue weighted by molar-refractivity contribution is -0.134. The molecule has 1 saturated heterocycles. The highest BCUT2D eigenvalue weighted by molar-refractivity contribution is 5.83. The van der Waals surface area contributed by atoms with E-state index in [2.05, 4.69) is 19.2 Å². The van der Waals surface area contributed by atoms with E-state index in [0.717, 1.165) is 19.4 Å². The van der Waals surface area contributed by atoms with E-state index < -0.39 is 0 Å². The van der Waals surface area contributed by atoms with Gasteiger partial charge in [-0.15, -0.1) is 0 Å². The molecular formula is C15H25N3O. The standard InChI is InChI=1S/C15H25N3O/c1-15(2)9-8-12-18(14(19)13(15)17-3)11-7-5-4-6-10-16/h4-7,10,13,16-17H,8-9,11-12H2,1-3H3/b6-4-,7-5+,16-10?. The Morgan fingerprint density at radius 1 is 1.42 bits per heavy atom. The largest absolute Gasteiger partial charge is 0.338 e. The third kappa shape index (κ3) is 4.31. The molecule has 19 heavy (non-hydrogen) atoms. The van der Waals surface area contributed by atoms with E-state index in [9.17, 15) is 4.79 Å². The van der Waals surface area contributed by atoms with Crippen molar-refractivity contribution in [3.63, 3.8) is 0 Å². The average molecular weight is 263 g/mol. The number of likely N-dealkylation sites (tertiary alicyclic amines) is 1. The molecule has 0 aromatic carbocycles. The maximum atomic E-state index is 12.5. The van der Waals surface area contributed by atoms with Crippen LogP contribution in [0.5, 0.6) is 0 Å². The summed E-state index contributed by atoms with van der Waals surface area (Å²) in [6.45, 7) is 5.75. The molecule has 1 aliphatic heterocycles. The molecule has 0 aromatic rings. The summed E-state index contributed by atoms with van der Waals surface area (Å²) < 4.78 is 0. The minimum absolute atomic E-state index is 0.00434. The van der Waals surface area contributed by atoms with Crippen LogP contribution in [0.15, 0.2) is 24.3 Å². The second-order valence-corrected chi connectivity index (χ2v) is 5.58. The number of amides is 1. The van der Waals surface area contributed by atoms with Crippen LogP contribution in [0.4, 0.5) is 0 Å². The monoisotopic (exact) mass is 263 g/mol. The molecule has 1 unspecified atom stereocenters. The van der Waals surface area contributed by atoms with Crippen LogP contribution < -0.4 is 5.32 Å². The van der Waals surface area contributed by atoms with Crippen LogP contribution in [0.1, 0.15) is 26.7 Å². The second-order valence-electron chi connectivity index (χ2n) is 5.58. The number of carbonyl (C=O) groups excluding carboxylic acids is 1. The molecule has 0 saturated carbocycles. The van der Waals surface area contributed by atoms with Crippen LogP contribution >= 0.6 is 0 Å². The van der Waals surface area contributed by atoms with Gasteiger partial charge in [0.1, 0.15) is 0 Å². The minimum atomic E-state index is -0.111. The number of hydrogen-bond donors (Lipinski definition) is 2. The lowest BCUT2D eigenvalue weighted by atomic mass is 9.80. The molecule has 0 bridgehead atoms. The maximum Gasteiger partial charge on any atom is 0.240 e.